The molecule has 0 spiro atoms. The number of benzene rings is 1. The van der Waals surface area contributed by atoms with Gasteiger partial charge in [-0.25, -0.2) is 9.78 Å². The van der Waals surface area contributed by atoms with Crippen molar-refractivity contribution in [3.63, 3.8) is 0 Å². The number of nitrogens with one attached hydrogen (secondary N) is 2. The Kier molecular flexibility index (Phi) is 6.63. The number of anilines is 2. The zero-order valence-electron chi connectivity index (χ0n) is 23.8. The Balaban J connectivity index is 1.20. The van der Waals surface area contributed by atoms with Gasteiger partial charge in [-0.3, -0.25) is 10.00 Å². The van der Waals surface area contributed by atoms with Gasteiger partial charge >= 0.3 is 6.03 Å². The number of urea groups is 1. The van der Waals surface area contributed by atoms with E-state index in [0.717, 1.165) is 58.9 Å². The van der Waals surface area contributed by atoms with E-state index in [1.54, 1.807) is 15.8 Å². The van der Waals surface area contributed by atoms with Crippen molar-refractivity contribution in [2.75, 3.05) is 43.7 Å². The Labute approximate surface area is 239 Å². The average Bonchev–Trinajstić information content (AvgIpc) is 3.76. The van der Waals surface area contributed by atoms with Gasteiger partial charge in [0.25, 0.3) is 0 Å². The molecule has 3 aromatic heterocycles. The molecule has 1 aromatic carbocycles. The number of aromatic nitrogens is 5. The second kappa shape index (κ2) is 10.5. The van der Waals surface area contributed by atoms with Gasteiger partial charge < -0.3 is 19.9 Å². The van der Waals surface area contributed by atoms with Crippen LogP contribution in [0.1, 0.15) is 32.6 Å². The quantitative estimate of drug-likeness (QED) is 0.386. The minimum atomic E-state index is 0.0276. The van der Waals surface area contributed by atoms with Crippen LogP contribution in [0.4, 0.5) is 16.3 Å². The summed E-state index contributed by atoms with van der Waals surface area (Å²) in [5.74, 6) is 1.64. The number of morpholine rings is 1. The molecule has 2 unspecified atom stereocenters. The first-order valence-electron chi connectivity index (χ1n) is 14.6. The zero-order chi connectivity index (χ0) is 28.1. The molecule has 0 radical (unpaired) electrons. The third-order valence-electron chi connectivity index (χ3n) is 9.05. The summed E-state index contributed by atoms with van der Waals surface area (Å²) >= 11 is 0. The van der Waals surface area contributed by atoms with Gasteiger partial charge in [0.1, 0.15) is 5.82 Å². The van der Waals surface area contributed by atoms with Gasteiger partial charge in [-0.1, -0.05) is 12.1 Å². The summed E-state index contributed by atoms with van der Waals surface area (Å²) in [4.78, 5) is 24.5. The minimum absolute atomic E-state index is 0.0276. The number of carbonyl (C=O) groups excluding carboxylic acids is 1. The Hall–Kier alpha value is -3.96. The number of hydrogen-bond donors (Lipinski definition) is 2. The molecule has 3 aliphatic heterocycles. The number of fused-ring (bicyclic) bond motifs is 3. The van der Waals surface area contributed by atoms with E-state index >= 15 is 0 Å². The molecular formula is C30H37N9O2. The highest BCUT2D eigenvalue weighted by atomic mass is 16.5. The Bertz CT molecular complexity index is 1520. The number of hydrogen-bond acceptors (Lipinski definition) is 7. The summed E-state index contributed by atoms with van der Waals surface area (Å²) in [5, 5.41) is 16.4. The van der Waals surface area contributed by atoms with Gasteiger partial charge in [0.2, 0.25) is 0 Å². The van der Waals surface area contributed by atoms with E-state index in [-0.39, 0.29) is 18.1 Å². The minimum Gasteiger partial charge on any atom is -0.377 e. The maximum Gasteiger partial charge on any atom is 0.324 e. The molecule has 3 fully saturated rings. The van der Waals surface area contributed by atoms with Crippen LogP contribution in [0.3, 0.4) is 0 Å². The summed E-state index contributed by atoms with van der Waals surface area (Å²) in [7, 11) is 3.81. The van der Waals surface area contributed by atoms with Gasteiger partial charge in [0.15, 0.2) is 11.5 Å². The van der Waals surface area contributed by atoms with Gasteiger partial charge in [-0.05, 0) is 61.9 Å². The molecule has 3 atom stereocenters. The first-order valence-corrected chi connectivity index (χ1v) is 14.6. The second-order valence-electron chi connectivity index (χ2n) is 11.6. The predicted molar refractivity (Wildman–Crippen MR) is 159 cm³/mol. The van der Waals surface area contributed by atoms with Crippen molar-refractivity contribution in [1.29, 1.82) is 0 Å². The molecule has 0 aliphatic carbocycles. The number of nitrogens with zero attached hydrogens (tertiary/aromatic N) is 7. The average molecular weight is 556 g/mol. The van der Waals surface area contributed by atoms with Crippen molar-refractivity contribution in [1.82, 2.24) is 35.2 Å². The first kappa shape index (κ1) is 26.0. The Morgan fingerprint density at radius 2 is 1.88 bits per heavy atom. The SMILES string of the molecule is C[C@@H]1COCCN1c1cc(-c2ccc(N(C)C(=O)N(C)C3CC4CCC(C3)N4)cc2)c2cnn(-c3ccn[nH]3)c2n1. The van der Waals surface area contributed by atoms with Crippen LogP contribution in [0.5, 0.6) is 0 Å². The molecule has 3 aliphatic rings. The molecule has 2 amide bonds. The molecule has 2 bridgehead atoms. The molecular weight excluding hydrogens is 518 g/mol. The van der Waals surface area contributed by atoms with Crippen molar-refractivity contribution >= 4 is 28.6 Å². The molecule has 7 rings (SSSR count). The van der Waals surface area contributed by atoms with Crippen molar-refractivity contribution in [2.24, 2.45) is 0 Å². The summed E-state index contributed by atoms with van der Waals surface area (Å²) in [6.45, 7) is 4.26. The van der Waals surface area contributed by atoms with Crippen LogP contribution in [0.25, 0.3) is 28.0 Å². The normalized spacial score (nSPS) is 24.1. The topological polar surface area (TPSA) is 107 Å². The predicted octanol–water partition coefficient (Wildman–Crippen LogP) is 3.81. The smallest absolute Gasteiger partial charge is 0.324 e. The molecule has 0 saturated carbocycles. The largest absolute Gasteiger partial charge is 0.377 e. The van der Waals surface area contributed by atoms with Gasteiger partial charge in [0.05, 0.1) is 31.6 Å². The summed E-state index contributed by atoms with van der Waals surface area (Å²) in [6, 6.07) is 13.8. The molecule has 3 saturated heterocycles. The fourth-order valence-electron chi connectivity index (χ4n) is 6.69. The standard InChI is InChI=1S/C30H37N9O2/c1-19-18-41-13-12-38(19)28-16-25(26-17-32-39(29(26)34-28)27-10-11-31-35-27)20-4-8-23(9-5-20)36(2)30(40)37(3)24-14-21-6-7-22(15-24)33-21/h4-5,8-11,16-17,19,21-22,24,33H,6-7,12-15,18H2,1-3H3,(H,31,35)/t19-,21?,22?,24?/m1/s1. The molecule has 11 nitrogen and oxygen atoms in total. The number of piperidine rings is 1. The van der Waals surface area contributed by atoms with Crippen LogP contribution in [0.2, 0.25) is 0 Å². The molecule has 4 aromatic rings. The fourth-order valence-corrected chi connectivity index (χ4v) is 6.69. The summed E-state index contributed by atoms with van der Waals surface area (Å²) in [5.41, 5.74) is 3.70. The zero-order valence-corrected chi connectivity index (χ0v) is 23.8. The van der Waals surface area contributed by atoms with E-state index in [2.05, 4.69) is 50.6 Å². The van der Waals surface area contributed by atoms with Crippen molar-refractivity contribution in [3.8, 4) is 16.9 Å². The molecule has 41 heavy (non-hydrogen) atoms. The summed E-state index contributed by atoms with van der Waals surface area (Å²) in [6.07, 6.45) is 8.06. The Morgan fingerprint density at radius 1 is 1.10 bits per heavy atom. The van der Waals surface area contributed by atoms with Crippen LogP contribution in [-0.4, -0.2) is 93.9 Å². The molecule has 6 heterocycles. The van der Waals surface area contributed by atoms with E-state index in [4.69, 9.17) is 9.72 Å². The number of aromatic amines is 1. The number of pyridine rings is 1. The fraction of sp³-hybridized carbons (Fsp3) is 0.467. The maximum absolute atomic E-state index is 13.5. The van der Waals surface area contributed by atoms with Crippen molar-refractivity contribution in [3.05, 3.63) is 48.8 Å². The lowest BCUT2D eigenvalue weighted by molar-refractivity contribution is 0.0985. The molecule has 11 heteroatoms. The maximum atomic E-state index is 13.5. The highest BCUT2D eigenvalue weighted by molar-refractivity contribution is 5.96. The van der Waals surface area contributed by atoms with E-state index in [9.17, 15) is 4.79 Å². The van der Waals surface area contributed by atoms with Crippen molar-refractivity contribution < 1.29 is 9.53 Å². The molecule has 214 valence electrons. The third kappa shape index (κ3) is 4.72. The monoisotopic (exact) mass is 555 g/mol. The van der Waals surface area contributed by atoms with E-state index in [1.807, 2.05) is 43.4 Å². The number of ether oxygens (including phenoxy) is 1. The number of carbonyl (C=O) groups is 1. The summed E-state index contributed by atoms with van der Waals surface area (Å²) < 4.78 is 7.48. The van der Waals surface area contributed by atoms with E-state index in [0.29, 0.717) is 25.3 Å². The first-order chi connectivity index (χ1) is 20.0. The van der Waals surface area contributed by atoms with Crippen LogP contribution >= 0.6 is 0 Å². The number of rotatable bonds is 5. The van der Waals surface area contributed by atoms with E-state index < -0.39 is 0 Å². The molecule has 2 N–H and O–H groups in total. The van der Waals surface area contributed by atoms with Crippen LogP contribution in [-0.2, 0) is 4.74 Å². The highest BCUT2D eigenvalue weighted by Gasteiger charge is 2.37. The van der Waals surface area contributed by atoms with Crippen LogP contribution in [0, 0.1) is 0 Å². The number of H-pyrrole nitrogens is 1. The second-order valence-corrected chi connectivity index (χ2v) is 11.6. The van der Waals surface area contributed by atoms with Gasteiger partial charge in [-0.15, -0.1) is 0 Å². The van der Waals surface area contributed by atoms with Crippen molar-refractivity contribution in [2.45, 2.75) is 56.8 Å². The highest BCUT2D eigenvalue weighted by Crippen LogP contribution is 2.35. The lowest BCUT2D eigenvalue weighted by atomic mass is 9.99. The van der Waals surface area contributed by atoms with Crippen LogP contribution < -0.4 is 15.1 Å². The van der Waals surface area contributed by atoms with Gasteiger partial charge in [-0.2, -0.15) is 14.9 Å². The Morgan fingerprint density at radius 3 is 2.59 bits per heavy atom. The van der Waals surface area contributed by atoms with E-state index in [1.165, 1.54) is 12.8 Å². The third-order valence-corrected chi connectivity index (χ3v) is 9.05. The number of amides is 2. The van der Waals surface area contributed by atoms with Gasteiger partial charge in [0, 0.05) is 55.9 Å². The lowest BCUT2D eigenvalue weighted by Crippen LogP contribution is -2.51. The van der Waals surface area contributed by atoms with Crippen LogP contribution in [0.15, 0.2) is 48.8 Å². The lowest BCUT2D eigenvalue weighted by Gasteiger charge is -2.37.